The van der Waals surface area contributed by atoms with Crippen LogP contribution in [0.15, 0.2) is 0 Å². The molecule has 0 radical (unpaired) electrons. The largest absolute Gasteiger partial charge is 0.345 e. The Morgan fingerprint density at radius 1 is 1.47 bits per heavy atom. The summed E-state index contributed by atoms with van der Waals surface area (Å²) < 4.78 is 0. The SMILES string of the molecule is O=C1NCC[NH2+][C@H]1CC(=O)N1CCCC1. The van der Waals surface area contributed by atoms with Gasteiger partial charge in [0.2, 0.25) is 5.91 Å². The number of likely N-dealkylation sites (tertiary alicyclic amines) is 1. The number of piperazine rings is 1. The maximum Gasteiger partial charge on any atom is 0.278 e. The van der Waals surface area contributed by atoms with Crippen molar-refractivity contribution in [1.82, 2.24) is 10.2 Å². The van der Waals surface area contributed by atoms with E-state index in [1.165, 1.54) is 0 Å². The minimum absolute atomic E-state index is 0.00815. The number of hydrogen-bond acceptors (Lipinski definition) is 2. The van der Waals surface area contributed by atoms with Crippen LogP contribution in [0.5, 0.6) is 0 Å². The molecule has 0 bridgehead atoms. The fourth-order valence-electron chi connectivity index (χ4n) is 2.18. The van der Waals surface area contributed by atoms with Gasteiger partial charge < -0.3 is 15.5 Å². The van der Waals surface area contributed by atoms with Crippen LogP contribution in [0.2, 0.25) is 0 Å². The first-order valence-electron chi connectivity index (χ1n) is 5.66. The lowest BCUT2D eigenvalue weighted by Crippen LogP contribution is -2.96. The zero-order valence-corrected chi connectivity index (χ0v) is 8.87. The summed E-state index contributed by atoms with van der Waals surface area (Å²) in [7, 11) is 0. The molecule has 3 N–H and O–H groups in total. The van der Waals surface area contributed by atoms with Crippen molar-refractivity contribution in [1.29, 1.82) is 0 Å². The summed E-state index contributed by atoms with van der Waals surface area (Å²) in [6.45, 7) is 3.33. The van der Waals surface area contributed by atoms with Gasteiger partial charge in [0.05, 0.1) is 19.5 Å². The Balaban J connectivity index is 1.84. The Labute approximate surface area is 89.2 Å². The maximum absolute atomic E-state index is 11.8. The third kappa shape index (κ3) is 2.47. The van der Waals surface area contributed by atoms with Crippen LogP contribution < -0.4 is 10.6 Å². The van der Waals surface area contributed by atoms with E-state index < -0.39 is 0 Å². The molecule has 84 valence electrons. The summed E-state index contributed by atoms with van der Waals surface area (Å²) in [6, 6.07) is -0.202. The molecule has 0 aromatic rings. The third-order valence-corrected chi connectivity index (χ3v) is 3.08. The molecule has 2 amide bonds. The summed E-state index contributed by atoms with van der Waals surface area (Å²) in [5.74, 6) is 0.139. The summed E-state index contributed by atoms with van der Waals surface area (Å²) in [5, 5.41) is 4.75. The number of nitrogens with two attached hydrogens (primary N) is 1. The highest BCUT2D eigenvalue weighted by Gasteiger charge is 2.30. The van der Waals surface area contributed by atoms with Gasteiger partial charge in [0, 0.05) is 13.1 Å². The molecule has 5 nitrogen and oxygen atoms in total. The van der Waals surface area contributed by atoms with Gasteiger partial charge in [0.25, 0.3) is 5.91 Å². The molecule has 2 heterocycles. The van der Waals surface area contributed by atoms with E-state index in [0.29, 0.717) is 13.0 Å². The lowest BCUT2D eigenvalue weighted by Gasteiger charge is -2.22. The van der Waals surface area contributed by atoms with Gasteiger partial charge in [-0.25, -0.2) is 0 Å². The van der Waals surface area contributed by atoms with Crippen LogP contribution in [0.4, 0.5) is 0 Å². The molecule has 0 aromatic heterocycles. The highest BCUT2D eigenvalue weighted by atomic mass is 16.2. The molecular formula is C10H18N3O2+. The second-order valence-corrected chi connectivity index (χ2v) is 4.21. The Morgan fingerprint density at radius 2 is 2.20 bits per heavy atom. The molecular weight excluding hydrogens is 194 g/mol. The number of hydrogen-bond donors (Lipinski definition) is 2. The van der Waals surface area contributed by atoms with Gasteiger partial charge in [-0.05, 0) is 12.8 Å². The van der Waals surface area contributed by atoms with Crippen molar-refractivity contribution in [3.8, 4) is 0 Å². The fraction of sp³-hybridized carbons (Fsp3) is 0.800. The Morgan fingerprint density at radius 3 is 2.87 bits per heavy atom. The predicted octanol–water partition coefficient (Wildman–Crippen LogP) is -1.94. The standard InChI is InChI=1S/C10H17N3O2/c14-9(13-5-1-2-6-13)7-8-10(15)12-4-3-11-8/h8,11H,1-7H2,(H,12,15)/p+1/t8-/m0/s1. The smallest absolute Gasteiger partial charge is 0.278 e. The molecule has 15 heavy (non-hydrogen) atoms. The molecule has 5 heteroatoms. The van der Waals surface area contributed by atoms with E-state index in [2.05, 4.69) is 5.32 Å². The highest BCUT2D eigenvalue weighted by Crippen LogP contribution is 2.09. The molecule has 2 saturated heterocycles. The molecule has 0 aromatic carbocycles. The van der Waals surface area contributed by atoms with Gasteiger partial charge in [-0.2, -0.15) is 0 Å². The first kappa shape index (κ1) is 10.4. The number of nitrogens with one attached hydrogen (secondary N) is 1. The Kier molecular flexibility index (Phi) is 3.20. The van der Waals surface area contributed by atoms with Crippen molar-refractivity contribution in [2.75, 3.05) is 26.2 Å². The topological polar surface area (TPSA) is 66.0 Å². The molecule has 2 rings (SSSR count). The van der Waals surface area contributed by atoms with Gasteiger partial charge in [-0.15, -0.1) is 0 Å². The van der Waals surface area contributed by atoms with Crippen LogP contribution in [0.1, 0.15) is 19.3 Å². The zero-order valence-electron chi connectivity index (χ0n) is 8.87. The van der Waals surface area contributed by atoms with E-state index in [4.69, 9.17) is 0 Å². The molecule has 0 aliphatic carbocycles. The van der Waals surface area contributed by atoms with Gasteiger partial charge in [0.1, 0.15) is 0 Å². The summed E-state index contributed by atoms with van der Waals surface area (Å²) in [6.07, 6.45) is 2.56. The van der Waals surface area contributed by atoms with E-state index in [1.807, 2.05) is 10.2 Å². The maximum atomic E-state index is 11.8. The van der Waals surface area contributed by atoms with E-state index in [1.54, 1.807) is 0 Å². The fourth-order valence-corrected chi connectivity index (χ4v) is 2.18. The lowest BCUT2D eigenvalue weighted by atomic mass is 10.1. The lowest BCUT2D eigenvalue weighted by molar-refractivity contribution is -0.678. The van der Waals surface area contributed by atoms with Crippen LogP contribution >= 0.6 is 0 Å². The van der Waals surface area contributed by atoms with Gasteiger partial charge in [0.15, 0.2) is 6.04 Å². The molecule has 0 unspecified atom stereocenters. The second kappa shape index (κ2) is 4.61. The molecule has 2 aliphatic heterocycles. The van der Waals surface area contributed by atoms with Gasteiger partial charge in [-0.1, -0.05) is 0 Å². The van der Waals surface area contributed by atoms with Crippen molar-refractivity contribution in [3.05, 3.63) is 0 Å². The monoisotopic (exact) mass is 212 g/mol. The third-order valence-electron chi connectivity index (χ3n) is 3.08. The van der Waals surface area contributed by atoms with Gasteiger partial charge >= 0.3 is 0 Å². The Hall–Kier alpha value is -1.10. The number of rotatable bonds is 2. The van der Waals surface area contributed by atoms with Crippen molar-refractivity contribution in [3.63, 3.8) is 0 Å². The second-order valence-electron chi connectivity index (χ2n) is 4.21. The molecule has 2 fully saturated rings. The number of quaternary nitrogens is 1. The molecule has 0 spiro atoms. The van der Waals surface area contributed by atoms with Crippen LogP contribution in [0.25, 0.3) is 0 Å². The van der Waals surface area contributed by atoms with E-state index >= 15 is 0 Å². The van der Waals surface area contributed by atoms with Crippen molar-refractivity contribution in [2.24, 2.45) is 0 Å². The molecule has 0 saturated carbocycles. The van der Waals surface area contributed by atoms with E-state index in [-0.39, 0.29) is 17.9 Å². The highest BCUT2D eigenvalue weighted by molar-refractivity contribution is 5.87. The van der Waals surface area contributed by atoms with Crippen LogP contribution in [0.3, 0.4) is 0 Å². The zero-order chi connectivity index (χ0) is 10.7. The van der Waals surface area contributed by atoms with Crippen molar-refractivity contribution < 1.29 is 14.9 Å². The molecule has 1 atom stereocenters. The molecule has 2 aliphatic rings. The Bertz CT molecular complexity index is 261. The minimum Gasteiger partial charge on any atom is -0.345 e. The van der Waals surface area contributed by atoms with E-state index in [0.717, 1.165) is 32.5 Å². The number of amides is 2. The van der Waals surface area contributed by atoms with Crippen LogP contribution in [-0.4, -0.2) is 48.9 Å². The number of nitrogens with zero attached hydrogens (tertiary/aromatic N) is 1. The predicted molar refractivity (Wildman–Crippen MR) is 54.0 cm³/mol. The van der Waals surface area contributed by atoms with Crippen LogP contribution in [0, 0.1) is 0 Å². The summed E-state index contributed by atoms with van der Waals surface area (Å²) in [4.78, 5) is 25.1. The van der Waals surface area contributed by atoms with Gasteiger partial charge in [-0.3, -0.25) is 9.59 Å². The normalized spacial score (nSPS) is 26.5. The van der Waals surface area contributed by atoms with Crippen LogP contribution in [-0.2, 0) is 9.59 Å². The summed E-state index contributed by atoms with van der Waals surface area (Å²) >= 11 is 0. The average Bonchev–Trinajstić information content (AvgIpc) is 2.74. The first-order chi connectivity index (χ1) is 7.27. The minimum atomic E-state index is -0.202. The number of carbonyl (C=O) groups excluding carboxylic acids is 2. The first-order valence-corrected chi connectivity index (χ1v) is 5.66. The van der Waals surface area contributed by atoms with E-state index in [9.17, 15) is 9.59 Å². The number of carbonyl (C=O) groups is 2. The quantitative estimate of drug-likeness (QED) is 0.559. The summed E-state index contributed by atoms with van der Waals surface area (Å²) in [5.41, 5.74) is 0. The van der Waals surface area contributed by atoms with Crippen molar-refractivity contribution in [2.45, 2.75) is 25.3 Å². The van der Waals surface area contributed by atoms with Crippen molar-refractivity contribution >= 4 is 11.8 Å². The average molecular weight is 212 g/mol.